The van der Waals surface area contributed by atoms with Gasteiger partial charge in [0, 0.05) is 18.3 Å². The maximum atomic E-state index is 13.8. The zero-order valence-corrected chi connectivity index (χ0v) is 16.5. The Morgan fingerprint density at radius 1 is 1.03 bits per heavy atom. The number of fused-ring (bicyclic) bond motifs is 2. The SMILES string of the molecule is Fc1cccc(-c2ccnc3nc(-c4n[nH]c5ccc(C6=CCNCC6)nc45)[nH]c23)c1. The Morgan fingerprint density at radius 3 is 2.87 bits per heavy atom. The normalized spacial score (nSPS) is 14.3. The standard InChI is InChI=1S/C23H18FN7/c24-15-3-1-2-14(12-15)16-8-11-26-22-19(16)28-23(29-22)21-20-18(30-31-21)5-4-17(27-20)13-6-9-25-10-7-13/h1-6,8,11-12,25H,7,9-10H2,(H,30,31)(H,26,28,29). The molecule has 0 fully saturated rings. The minimum absolute atomic E-state index is 0.288. The molecule has 0 bridgehead atoms. The highest BCUT2D eigenvalue weighted by molar-refractivity contribution is 5.94. The van der Waals surface area contributed by atoms with Crippen LogP contribution in [0.15, 0.2) is 54.7 Å². The van der Waals surface area contributed by atoms with Crippen molar-refractivity contribution in [2.75, 3.05) is 13.1 Å². The summed E-state index contributed by atoms with van der Waals surface area (Å²) in [6, 6.07) is 12.3. The van der Waals surface area contributed by atoms with Gasteiger partial charge < -0.3 is 10.3 Å². The third-order valence-electron chi connectivity index (χ3n) is 5.55. The molecule has 0 saturated carbocycles. The predicted molar refractivity (Wildman–Crippen MR) is 118 cm³/mol. The maximum absolute atomic E-state index is 13.8. The van der Waals surface area contributed by atoms with Crippen LogP contribution >= 0.6 is 0 Å². The summed E-state index contributed by atoms with van der Waals surface area (Å²) in [4.78, 5) is 17.2. The molecule has 1 aromatic carbocycles. The lowest BCUT2D eigenvalue weighted by molar-refractivity contribution is 0.628. The Hall–Kier alpha value is -3.91. The number of rotatable bonds is 3. The first-order valence-corrected chi connectivity index (χ1v) is 10.1. The maximum Gasteiger partial charge on any atom is 0.178 e. The number of pyridine rings is 2. The predicted octanol–water partition coefficient (Wildman–Crippen LogP) is 4.08. The Kier molecular flexibility index (Phi) is 4.10. The third-order valence-corrected chi connectivity index (χ3v) is 5.55. The largest absolute Gasteiger partial charge is 0.335 e. The minimum Gasteiger partial charge on any atom is -0.335 e. The van der Waals surface area contributed by atoms with E-state index >= 15 is 0 Å². The molecule has 0 saturated heterocycles. The minimum atomic E-state index is -0.288. The van der Waals surface area contributed by atoms with Crippen LogP contribution in [-0.4, -0.2) is 43.2 Å². The Labute approximate surface area is 176 Å². The number of imidazole rings is 1. The monoisotopic (exact) mass is 411 g/mol. The van der Waals surface area contributed by atoms with E-state index in [4.69, 9.17) is 4.98 Å². The molecule has 5 heterocycles. The molecule has 0 amide bonds. The summed E-state index contributed by atoms with van der Waals surface area (Å²) in [5.41, 5.74) is 7.27. The highest BCUT2D eigenvalue weighted by Crippen LogP contribution is 2.31. The van der Waals surface area contributed by atoms with Crippen LogP contribution in [0.4, 0.5) is 4.39 Å². The van der Waals surface area contributed by atoms with Gasteiger partial charge in [-0.1, -0.05) is 18.2 Å². The molecule has 1 aliphatic heterocycles. The van der Waals surface area contributed by atoms with Crippen LogP contribution in [0.5, 0.6) is 0 Å². The summed E-state index contributed by atoms with van der Waals surface area (Å²) < 4.78 is 13.8. The zero-order valence-electron chi connectivity index (χ0n) is 16.5. The molecular weight excluding hydrogens is 393 g/mol. The molecule has 1 aliphatic rings. The first-order valence-electron chi connectivity index (χ1n) is 10.1. The Balaban J connectivity index is 1.49. The van der Waals surface area contributed by atoms with Crippen molar-refractivity contribution >= 4 is 27.8 Å². The molecule has 0 radical (unpaired) electrons. The van der Waals surface area contributed by atoms with Gasteiger partial charge in [-0.15, -0.1) is 0 Å². The van der Waals surface area contributed by atoms with Gasteiger partial charge in [0.2, 0.25) is 0 Å². The Morgan fingerprint density at radius 2 is 2.00 bits per heavy atom. The van der Waals surface area contributed by atoms with Crippen molar-refractivity contribution in [3.05, 3.63) is 66.2 Å². The van der Waals surface area contributed by atoms with E-state index in [0.717, 1.165) is 52.9 Å². The van der Waals surface area contributed by atoms with Crippen LogP contribution in [0.2, 0.25) is 0 Å². The third kappa shape index (κ3) is 3.08. The van der Waals surface area contributed by atoms with Crippen LogP contribution in [0.3, 0.4) is 0 Å². The molecular formula is C23H18FN7. The molecule has 8 heteroatoms. The van der Waals surface area contributed by atoms with Crippen molar-refractivity contribution in [1.82, 2.24) is 35.5 Å². The zero-order chi connectivity index (χ0) is 20.8. The summed E-state index contributed by atoms with van der Waals surface area (Å²) in [5.74, 6) is 0.283. The van der Waals surface area contributed by atoms with Crippen LogP contribution in [0, 0.1) is 5.82 Å². The number of hydrogen-bond acceptors (Lipinski definition) is 5. The quantitative estimate of drug-likeness (QED) is 0.416. The van der Waals surface area contributed by atoms with Gasteiger partial charge in [-0.25, -0.2) is 19.3 Å². The van der Waals surface area contributed by atoms with Gasteiger partial charge in [-0.3, -0.25) is 5.10 Å². The lowest BCUT2D eigenvalue weighted by Crippen LogP contribution is -2.20. The molecule has 0 unspecified atom stereocenters. The van der Waals surface area contributed by atoms with E-state index < -0.39 is 0 Å². The van der Waals surface area contributed by atoms with Gasteiger partial charge >= 0.3 is 0 Å². The summed E-state index contributed by atoms with van der Waals surface area (Å²) in [7, 11) is 0. The number of benzene rings is 1. The number of nitrogens with one attached hydrogen (secondary N) is 3. The molecule has 4 aromatic heterocycles. The summed E-state index contributed by atoms with van der Waals surface area (Å²) in [6.45, 7) is 1.80. The second-order valence-electron chi connectivity index (χ2n) is 7.50. The molecule has 0 aliphatic carbocycles. The number of aromatic nitrogens is 6. The number of H-pyrrole nitrogens is 2. The van der Waals surface area contributed by atoms with E-state index in [9.17, 15) is 4.39 Å². The smallest absolute Gasteiger partial charge is 0.178 e. The van der Waals surface area contributed by atoms with E-state index in [1.165, 1.54) is 17.7 Å². The van der Waals surface area contributed by atoms with Crippen molar-refractivity contribution in [1.29, 1.82) is 0 Å². The van der Waals surface area contributed by atoms with Gasteiger partial charge in [-0.05, 0) is 54.4 Å². The van der Waals surface area contributed by atoms with E-state index in [0.29, 0.717) is 17.2 Å². The van der Waals surface area contributed by atoms with Crippen molar-refractivity contribution in [2.45, 2.75) is 6.42 Å². The molecule has 31 heavy (non-hydrogen) atoms. The molecule has 0 spiro atoms. The van der Waals surface area contributed by atoms with E-state index in [1.807, 2.05) is 24.3 Å². The first kappa shape index (κ1) is 17.9. The highest BCUT2D eigenvalue weighted by atomic mass is 19.1. The van der Waals surface area contributed by atoms with Crippen LogP contribution < -0.4 is 5.32 Å². The van der Waals surface area contributed by atoms with E-state index in [1.54, 1.807) is 12.3 Å². The number of nitrogens with zero attached hydrogens (tertiary/aromatic N) is 4. The molecule has 6 rings (SSSR count). The van der Waals surface area contributed by atoms with Crippen LogP contribution in [-0.2, 0) is 0 Å². The van der Waals surface area contributed by atoms with Crippen molar-refractivity contribution in [2.24, 2.45) is 0 Å². The van der Waals surface area contributed by atoms with Gasteiger partial charge in [0.25, 0.3) is 0 Å². The van der Waals surface area contributed by atoms with E-state index in [-0.39, 0.29) is 5.82 Å². The fourth-order valence-electron chi connectivity index (χ4n) is 4.02. The van der Waals surface area contributed by atoms with Gasteiger partial charge in [0.15, 0.2) is 17.2 Å². The first-order chi connectivity index (χ1) is 15.3. The fourth-order valence-corrected chi connectivity index (χ4v) is 4.02. The second-order valence-corrected chi connectivity index (χ2v) is 7.50. The van der Waals surface area contributed by atoms with Crippen LogP contribution in [0.25, 0.3) is 50.4 Å². The van der Waals surface area contributed by atoms with Gasteiger partial charge in [0.05, 0.1) is 16.7 Å². The van der Waals surface area contributed by atoms with Crippen molar-refractivity contribution in [3.8, 4) is 22.6 Å². The average Bonchev–Trinajstić information content (AvgIpc) is 3.43. The van der Waals surface area contributed by atoms with E-state index in [2.05, 4.69) is 36.5 Å². The Bertz CT molecular complexity index is 1460. The molecule has 152 valence electrons. The number of hydrogen-bond donors (Lipinski definition) is 3. The molecule has 3 N–H and O–H groups in total. The highest BCUT2D eigenvalue weighted by Gasteiger charge is 2.18. The second kappa shape index (κ2) is 7.10. The summed E-state index contributed by atoms with van der Waals surface area (Å²) >= 11 is 0. The molecule has 5 aromatic rings. The van der Waals surface area contributed by atoms with Gasteiger partial charge in [0.1, 0.15) is 11.3 Å². The summed E-state index contributed by atoms with van der Waals surface area (Å²) in [5, 5.41) is 10.8. The topological polar surface area (TPSA) is 95.2 Å². The van der Waals surface area contributed by atoms with Crippen molar-refractivity contribution in [3.63, 3.8) is 0 Å². The number of aromatic amines is 2. The lowest BCUT2D eigenvalue weighted by atomic mass is 10.1. The molecule has 0 atom stereocenters. The fraction of sp³-hybridized carbons (Fsp3) is 0.130. The van der Waals surface area contributed by atoms with Crippen LogP contribution in [0.1, 0.15) is 12.1 Å². The number of halogens is 1. The summed E-state index contributed by atoms with van der Waals surface area (Å²) in [6.07, 6.45) is 4.79. The average molecular weight is 411 g/mol. The lowest BCUT2D eigenvalue weighted by Gasteiger charge is -2.13. The van der Waals surface area contributed by atoms with Gasteiger partial charge in [-0.2, -0.15) is 5.10 Å². The van der Waals surface area contributed by atoms with Crippen molar-refractivity contribution < 1.29 is 4.39 Å². The molecule has 7 nitrogen and oxygen atoms in total.